The molecule has 32 heavy (non-hydrogen) atoms. The number of carboxylic acid groups (broad SMARTS) is 1. The van der Waals surface area contributed by atoms with E-state index >= 15 is 0 Å². The Kier molecular flexibility index (Phi) is 7.19. The van der Waals surface area contributed by atoms with Crippen molar-refractivity contribution < 1.29 is 14.6 Å². The Hall–Kier alpha value is -2.75. The molecule has 0 amide bonds. The van der Waals surface area contributed by atoms with Gasteiger partial charge in [-0.3, -0.25) is 4.79 Å². The first-order chi connectivity index (χ1) is 15.5. The molecule has 1 heterocycles. The summed E-state index contributed by atoms with van der Waals surface area (Å²) >= 11 is 0. The second-order valence-corrected chi connectivity index (χ2v) is 9.37. The Morgan fingerprint density at radius 1 is 1.16 bits per heavy atom. The lowest BCUT2D eigenvalue weighted by atomic mass is 9.96. The minimum Gasteiger partial charge on any atom is -0.493 e. The molecule has 1 fully saturated rings. The summed E-state index contributed by atoms with van der Waals surface area (Å²) in [7, 11) is 0. The number of carboxylic acids is 1. The minimum atomic E-state index is -0.761. The van der Waals surface area contributed by atoms with Crippen LogP contribution in [-0.4, -0.2) is 22.2 Å². The van der Waals surface area contributed by atoms with Gasteiger partial charge in [-0.25, -0.2) is 0 Å². The lowest BCUT2D eigenvalue weighted by molar-refractivity contribution is -0.141. The maximum Gasteiger partial charge on any atom is 0.306 e. The van der Waals surface area contributed by atoms with Crippen molar-refractivity contribution in [1.29, 1.82) is 0 Å². The first-order valence-electron chi connectivity index (χ1n) is 12.1. The zero-order valence-corrected chi connectivity index (χ0v) is 19.3. The molecule has 0 bridgehead atoms. The van der Waals surface area contributed by atoms with Crippen LogP contribution in [0.4, 0.5) is 0 Å². The highest BCUT2D eigenvalue weighted by molar-refractivity contribution is 5.87. The number of ether oxygens (including phenoxy) is 1. The molecule has 1 atom stereocenters. The number of carbonyl (C=O) groups is 1. The number of aliphatic carboxylic acids is 1. The Balaban J connectivity index is 1.65. The van der Waals surface area contributed by atoms with Crippen molar-refractivity contribution in [3.63, 3.8) is 0 Å². The van der Waals surface area contributed by atoms with E-state index in [0.29, 0.717) is 12.3 Å². The van der Waals surface area contributed by atoms with E-state index in [1.807, 2.05) is 12.1 Å². The van der Waals surface area contributed by atoms with Gasteiger partial charge in [0.2, 0.25) is 0 Å². The van der Waals surface area contributed by atoms with Crippen molar-refractivity contribution in [3.05, 3.63) is 54.2 Å². The van der Waals surface area contributed by atoms with Crippen LogP contribution >= 0.6 is 0 Å². The number of fused-ring (bicyclic) bond motifs is 1. The molecule has 0 saturated heterocycles. The molecule has 2 aromatic carbocycles. The van der Waals surface area contributed by atoms with Crippen LogP contribution in [0.1, 0.15) is 57.9 Å². The van der Waals surface area contributed by atoms with Gasteiger partial charge in [0.25, 0.3) is 0 Å². The first-order valence-corrected chi connectivity index (χ1v) is 12.1. The summed E-state index contributed by atoms with van der Waals surface area (Å²) in [6, 6.07) is 15.0. The summed E-state index contributed by atoms with van der Waals surface area (Å²) in [5.41, 5.74) is 4.47. The second kappa shape index (κ2) is 10.2. The molecule has 4 heteroatoms. The number of hydrogen-bond acceptors (Lipinski definition) is 2. The summed E-state index contributed by atoms with van der Waals surface area (Å²) in [5.74, 6) is 0.365. The molecular formula is C28H35NO3. The minimum absolute atomic E-state index is 0.414. The normalized spacial score (nSPS) is 15.3. The van der Waals surface area contributed by atoms with Crippen LogP contribution in [0.5, 0.6) is 5.75 Å². The fraction of sp³-hybridized carbons (Fsp3) is 0.464. The average Bonchev–Trinajstić information content (AvgIpc) is 3.46. The van der Waals surface area contributed by atoms with Gasteiger partial charge in [0.05, 0.1) is 12.5 Å². The third-order valence-corrected chi connectivity index (χ3v) is 6.79. The third kappa shape index (κ3) is 5.17. The summed E-state index contributed by atoms with van der Waals surface area (Å²) in [4.78, 5) is 11.4. The van der Waals surface area contributed by atoms with E-state index in [4.69, 9.17) is 4.74 Å². The van der Waals surface area contributed by atoms with Crippen molar-refractivity contribution >= 4 is 16.9 Å². The van der Waals surface area contributed by atoms with Crippen LogP contribution in [0.25, 0.3) is 22.0 Å². The highest BCUT2D eigenvalue weighted by Gasteiger charge is 2.18. The zero-order chi connectivity index (χ0) is 22.5. The van der Waals surface area contributed by atoms with Crippen LogP contribution in [-0.2, 0) is 17.8 Å². The molecule has 4 rings (SSSR count). The summed E-state index contributed by atoms with van der Waals surface area (Å²) < 4.78 is 8.66. The molecule has 0 aliphatic heterocycles. The Morgan fingerprint density at radius 3 is 2.72 bits per heavy atom. The van der Waals surface area contributed by atoms with E-state index in [9.17, 15) is 9.90 Å². The predicted molar refractivity (Wildman–Crippen MR) is 130 cm³/mol. The van der Waals surface area contributed by atoms with Gasteiger partial charge < -0.3 is 14.4 Å². The fourth-order valence-electron chi connectivity index (χ4n) is 4.77. The second-order valence-electron chi connectivity index (χ2n) is 9.37. The molecule has 1 aromatic heterocycles. The molecule has 3 aromatic rings. The van der Waals surface area contributed by atoms with Gasteiger partial charge in [-0.2, -0.15) is 0 Å². The SMILES string of the molecule is CCCCn1ccc2cc(-c3cc(CC(C)C(=O)O)ccc3OCC3CCCC3)ccc21. The number of benzene rings is 2. The number of nitrogens with zero attached hydrogens (tertiary/aromatic N) is 1. The predicted octanol–water partition coefficient (Wildman–Crippen LogP) is 6.94. The van der Waals surface area contributed by atoms with Crippen LogP contribution in [0, 0.1) is 11.8 Å². The summed E-state index contributed by atoms with van der Waals surface area (Å²) in [5, 5.41) is 10.6. The van der Waals surface area contributed by atoms with Crippen molar-refractivity contribution in [1.82, 2.24) is 4.57 Å². The summed E-state index contributed by atoms with van der Waals surface area (Å²) in [6.07, 6.45) is 10.2. The van der Waals surface area contributed by atoms with Crippen LogP contribution in [0.3, 0.4) is 0 Å². The van der Waals surface area contributed by atoms with Gasteiger partial charge in [-0.15, -0.1) is 0 Å². The van der Waals surface area contributed by atoms with E-state index in [1.54, 1.807) is 6.92 Å². The highest BCUT2D eigenvalue weighted by atomic mass is 16.5. The molecule has 1 aliphatic rings. The van der Waals surface area contributed by atoms with Crippen LogP contribution in [0.2, 0.25) is 0 Å². The van der Waals surface area contributed by atoms with Crippen molar-refractivity contribution in [2.24, 2.45) is 11.8 Å². The van der Waals surface area contributed by atoms with Crippen molar-refractivity contribution in [3.8, 4) is 16.9 Å². The number of unbranched alkanes of at least 4 members (excludes halogenated alkanes) is 1. The molecule has 1 aliphatic carbocycles. The van der Waals surface area contributed by atoms with Gasteiger partial charge in [-0.05, 0) is 73.1 Å². The van der Waals surface area contributed by atoms with E-state index in [1.165, 1.54) is 49.4 Å². The topological polar surface area (TPSA) is 51.5 Å². The van der Waals surface area contributed by atoms with Gasteiger partial charge in [0, 0.05) is 29.2 Å². The molecule has 4 nitrogen and oxygen atoms in total. The van der Waals surface area contributed by atoms with E-state index < -0.39 is 11.9 Å². The third-order valence-electron chi connectivity index (χ3n) is 6.79. The Morgan fingerprint density at radius 2 is 1.97 bits per heavy atom. The lowest BCUT2D eigenvalue weighted by Crippen LogP contribution is -2.12. The monoisotopic (exact) mass is 433 g/mol. The Labute approximate surface area is 191 Å². The van der Waals surface area contributed by atoms with Gasteiger partial charge in [0.15, 0.2) is 0 Å². The molecular weight excluding hydrogens is 398 g/mol. The standard InChI is InChI=1S/C28H35NO3/c1-3-4-14-29-15-13-24-18-23(10-11-26(24)29)25-17-22(16-20(2)28(30)31)9-12-27(25)32-19-21-7-5-6-8-21/h9-13,15,17-18,20-21H,3-8,14,16,19H2,1-2H3,(H,30,31). The molecule has 170 valence electrons. The molecule has 0 radical (unpaired) electrons. The van der Waals surface area contributed by atoms with Gasteiger partial charge in [-0.1, -0.05) is 45.2 Å². The number of aromatic nitrogens is 1. The zero-order valence-electron chi connectivity index (χ0n) is 19.3. The molecule has 1 N–H and O–H groups in total. The quantitative estimate of drug-likeness (QED) is 0.377. The Bertz CT molecular complexity index is 1060. The lowest BCUT2D eigenvalue weighted by Gasteiger charge is -2.17. The van der Waals surface area contributed by atoms with E-state index in [2.05, 4.69) is 48.0 Å². The van der Waals surface area contributed by atoms with Crippen LogP contribution in [0.15, 0.2) is 48.7 Å². The van der Waals surface area contributed by atoms with Crippen molar-refractivity contribution in [2.75, 3.05) is 6.61 Å². The highest BCUT2D eigenvalue weighted by Crippen LogP contribution is 2.35. The van der Waals surface area contributed by atoms with E-state index in [-0.39, 0.29) is 0 Å². The maximum atomic E-state index is 11.4. The number of aryl methyl sites for hydroxylation is 1. The molecule has 1 saturated carbocycles. The van der Waals surface area contributed by atoms with Crippen molar-refractivity contribution in [2.45, 2.75) is 65.3 Å². The average molecular weight is 434 g/mol. The fourth-order valence-corrected chi connectivity index (χ4v) is 4.77. The smallest absolute Gasteiger partial charge is 0.306 e. The molecule has 0 spiro atoms. The largest absolute Gasteiger partial charge is 0.493 e. The first kappa shape index (κ1) is 22.4. The van der Waals surface area contributed by atoms with E-state index in [0.717, 1.165) is 35.6 Å². The maximum absolute atomic E-state index is 11.4. The molecule has 1 unspecified atom stereocenters. The number of rotatable bonds is 10. The number of hydrogen-bond donors (Lipinski definition) is 1. The van der Waals surface area contributed by atoms with Gasteiger partial charge in [0.1, 0.15) is 5.75 Å². The van der Waals surface area contributed by atoms with Crippen LogP contribution < -0.4 is 4.74 Å². The summed E-state index contributed by atoms with van der Waals surface area (Å²) in [6.45, 7) is 5.78. The van der Waals surface area contributed by atoms with Gasteiger partial charge >= 0.3 is 5.97 Å².